The molecule has 1 aromatic carbocycles. The number of carbonyl (C=O) groups is 1. The van der Waals surface area contributed by atoms with Gasteiger partial charge in [-0.15, -0.1) is 0 Å². The summed E-state index contributed by atoms with van der Waals surface area (Å²) >= 11 is 0. The van der Waals surface area contributed by atoms with Crippen LogP contribution in [0.15, 0.2) is 28.8 Å². The third-order valence-electron chi connectivity index (χ3n) is 4.19. The van der Waals surface area contributed by atoms with Gasteiger partial charge in [-0.05, 0) is 25.0 Å². The molecule has 2 amide bonds. The lowest BCUT2D eigenvalue weighted by atomic mass is 9.98. The molecular formula is C17H22N4O3. The van der Waals surface area contributed by atoms with Gasteiger partial charge in [0.1, 0.15) is 5.75 Å². The number of hydrogen-bond acceptors (Lipinski definition) is 5. The minimum Gasteiger partial charge on any atom is -0.497 e. The van der Waals surface area contributed by atoms with Gasteiger partial charge in [0.2, 0.25) is 11.7 Å². The van der Waals surface area contributed by atoms with Crippen LogP contribution in [0.3, 0.4) is 0 Å². The Hall–Kier alpha value is -2.57. The van der Waals surface area contributed by atoms with Crippen molar-refractivity contribution >= 4 is 6.03 Å². The molecule has 128 valence electrons. The lowest BCUT2D eigenvalue weighted by Gasteiger charge is -2.32. The molecule has 2 heterocycles. The van der Waals surface area contributed by atoms with Gasteiger partial charge in [0.05, 0.1) is 13.0 Å². The van der Waals surface area contributed by atoms with E-state index in [0.717, 1.165) is 30.7 Å². The van der Waals surface area contributed by atoms with Crippen molar-refractivity contribution in [2.24, 2.45) is 0 Å². The molecule has 24 heavy (non-hydrogen) atoms. The Morgan fingerprint density at radius 3 is 3.00 bits per heavy atom. The predicted octanol–water partition coefficient (Wildman–Crippen LogP) is 2.61. The van der Waals surface area contributed by atoms with Crippen LogP contribution >= 0.6 is 0 Å². The number of ether oxygens (including phenoxy) is 1. The van der Waals surface area contributed by atoms with Gasteiger partial charge < -0.3 is 19.1 Å². The number of hydrogen-bond donors (Lipinski definition) is 0. The molecule has 1 aromatic heterocycles. The molecule has 0 radical (unpaired) electrons. The minimum absolute atomic E-state index is 0.0206. The lowest BCUT2D eigenvalue weighted by Crippen LogP contribution is -2.44. The fourth-order valence-corrected chi connectivity index (χ4v) is 2.92. The molecule has 0 saturated carbocycles. The van der Waals surface area contributed by atoms with Gasteiger partial charge >= 0.3 is 6.03 Å². The standard InChI is InChI=1S/C17H22N4O3/c1-20(2)17(22)21-9-5-7-13(11-21)16-18-15(19-24-16)12-6-4-8-14(10-12)23-3/h4,6,8,10,13H,5,7,9,11H2,1-3H3. The fraction of sp³-hybridized carbons (Fsp3) is 0.471. The van der Waals surface area contributed by atoms with Crippen molar-refractivity contribution in [2.45, 2.75) is 18.8 Å². The molecule has 1 unspecified atom stereocenters. The molecule has 1 atom stereocenters. The zero-order valence-electron chi connectivity index (χ0n) is 14.2. The Kier molecular flexibility index (Phi) is 4.69. The summed E-state index contributed by atoms with van der Waals surface area (Å²) in [5, 5.41) is 4.09. The molecule has 1 aliphatic heterocycles. The van der Waals surface area contributed by atoms with E-state index in [-0.39, 0.29) is 11.9 Å². The van der Waals surface area contributed by atoms with Crippen molar-refractivity contribution in [3.63, 3.8) is 0 Å². The van der Waals surface area contributed by atoms with Gasteiger partial charge in [0.15, 0.2) is 0 Å². The molecule has 2 aromatic rings. The van der Waals surface area contributed by atoms with E-state index in [2.05, 4.69) is 10.1 Å². The average Bonchev–Trinajstić information content (AvgIpc) is 3.11. The Morgan fingerprint density at radius 1 is 1.42 bits per heavy atom. The smallest absolute Gasteiger partial charge is 0.319 e. The molecule has 0 aliphatic carbocycles. The minimum atomic E-state index is 0.0206. The third kappa shape index (κ3) is 3.34. The predicted molar refractivity (Wildman–Crippen MR) is 88.9 cm³/mol. The molecule has 1 fully saturated rings. The van der Waals surface area contributed by atoms with Crippen LogP contribution in [0.2, 0.25) is 0 Å². The highest BCUT2D eigenvalue weighted by Gasteiger charge is 2.29. The first kappa shape index (κ1) is 16.3. The second-order valence-electron chi connectivity index (χ2n) is 6.15. The number of carbonyl (C=O) groups excluding carboxylic acids is 1. The van der Waals surface area contributed by atoms with E-state index in [1.807, 2.05) is 29.2 Å². The summed E-state index contributed by atoms with van der Waals surface area (Å²) in [5.74, 6) is 1.96. The topological polar surface area (TPSA) is 71.7 Å². The molecule has 1 saturated heterocycles. The van der Waals surface area contributed by atoms with Crippen molar-refractivity contribution in [2.75, 3.05) is 34.3 Å². The number of piperidine rings is 1. The molecule has 3 rings (SSSR count). The lowest BCUT2D eigenvalue weighted by molar-refractivity contribution is 0.149. The van der Waals surface area contributed by atoms with Crippen molar-refractivity contribution in [3.8, 4) is 17.1 Å². The summed E-state index contributed by atoms with van der Waals surface area (Å²) < 4.78 is 10.7. The first-order valence-corrected chi connectivity index (χ1v) is 8.02. The summed E-state index contributed by atoms with van der Waals surface area (Å²) in [4.78, 5) is 20.1. The molecule has 0 spiro atoms. The summed E-state index contributed by atoms with van der Waals surface area (Å²) in [6, 6.07) is 7.57. The Morgan fingerprint density at radius 2 is 2.25 bits per heavy atom. The van der Waals surface area contributed by atoms with Crippen molar-refractivity contribution < 1.29 is 14.1 Å². The molecular weight excluding hydrogens is 308 g/mol. The number of methoxy groups -OCH3 is 1. The Bertz CT molecular complexity index is 713. The second-order valence-corrected chi connectivity index (χ2v) is 6.15. The van der Waals surface area contributed by atoms with Gasteiger partial charge in [-0.1, -0.05) is 17.3 Å². The van der Waals surface area contributed by atoms with Crippen LogP contribution in [-0.2, 0) is 0 Å². The maximum absolute atomic E-state index is 12.1. The molecule has 7 heteroatoms. The van der Waals surface area contributed by atoms with Crippen LogP contribution < -0.4 is 4.74 Å². The number of urea groups is 1. The van der Waals surface area contributed by atoms with Gasteiger partial charge in [0.25, 0.3) is 0 Å². The Labute approximate surface area is 141 Å². The van der Waals surface area contributed by atoms with Crippen LogP contribution in [0.4, 0.5) is 4.79 Å². The second kappa shape index (κ2) is 6.90. The number of rotatable bonds is 3. The van der Waals surface area contributed by atoms with E-state index in [1.165, 1.54) is 0 Å². The van der Waals surface area contributed by atoms with Gasteiger partial charge in [-0.3, -0.25) is 0 Å². The summed E-state index contributed by atoms with van der Waals surface area (Å²) in [6.45, 7) is 1.38. The number of benzene rings is 1. The van der Waals surface area contributed by atoms with E-state index >= 15 is 0 Å². The van der Waals surface area contributed by atoms with Crippen LogP contribution in [0, 0.1) is 0 Å². The monoisotopic (exact) mass is 330 g/mol. The Balaban J connectivity index is 1.76. The van der Waals surface area contributed by atoms with Crippen molar-refractivity contribution in [1.82, 2.24) is 19.9 Å². The number of amides is 2. The largest absolute Gasteiger partial charge is 0.497 e. The maximum Gasteiger partial charge on any atom is 0.319 e. The van der Waals surface area contributed by atoms with Crippen LogP contribution in [-0.4, -0.2) is 60.3 Å². The highest BCUT2D eigenvalue weighted by atomic mass is 16.5. The van der Waals surface area contributed by atoms with Crippen LogP contribution in [0.25, 0.3) is 11.4 Å². The molecule has 0 N–H and O–H groups in total. The molecule has 7 nitrogen and oxygen atoms in total. The number of likely N-dealkylation sites (tertiary alicyclic amines) is 1. The van der Waals surface area contributed by atoms with E-state index in [9.17, 15) is 4.79 Å². The zero-order valence-corrected chi connectivity index (χ0v) is 14.2. The highest BCUT2D eigenvalue weighted by Crippen LogP contribution is 2.28. The van der Waals surface area contributed by atoms with Gasteiger partial charge in [-0.2, -0.15) is 4.98 Å². The first-order valence-electron chi connectivity index (χ1n) is 8.02. The summed E-state index contributed by atoms with van der Waals surface area (Å²) in [7, 11) is 5.15. The normalized spacial score (nSPS) is 17.6. The number of nitrogens with zero attached hydrogens (tertiary/aromatic N) is 4. The first-order chi connectivity index (χ1) is 11.6. The maximum atomic E-state index is 12.1. The number of aromatic nitrogens is 2. The third-order valence-corrected chi connectivity index (χ3v) is 4.19. The van der Waals surface area contributed by atoms with E-state index in [1.54, 1.807) is 26.1 Å². The zero-order chi connectivity index (χ0) is 17.1. The van der Waals surface area contributed by atoms with Gasteiger partial charge in [0, 0.05) is 32.7 Å². The molecule has 1 aliphatic rings. The average molecular weight is 330 g/mol. The van der Waals surface area contributed by atoms with Crippen LogP contribution in [0.1, 0.15) is 24.7 Å². The van der Waals surface area contributed by atoms with E-state index in [0.29, 0.717) is 18.3 Å². The quantitative estimate of drug-likeness (QED) is 0.865. The van der Waals surface area contributed by atoms with Crippen LogP contribution in [0.5, 0.6) is 5.75 Å². The summed E-state index contributed by atoms with van der Waals surface area (Å²) in [6.07, 6.45) is 1.87. The van der Waals surface area contributed by atoms with Gasteiger partial charge in [-0.25, -0.2) is 4.79 Å². The highest BCUT2D eigenvalue weighted by molar-refractivity contribution is 5.74. The molecule has 0 bridgehead atoms. The summed E-state index contributed by atoms with van der Waals surface area (Å²) in [5.41, 5.74) is 0.849. The SMILES string of the molecule is COc1cccc(-c2noc(C3CCCN(C(=O)N(C)C)C3)n2)c1. The van der Waals surface area contributed by atoms with E-state index < -0.39 is 0 Å². The fourth-order valence-electron chi connectivity index (χ4n) is 2.92. The van der Waals surface area contributed by atoms with Crippen molar-refractivity contribution in [1.29, 1.82) is 0 Å². The van der Waals surface area contributed by atoms with Crippen molar-refractivity contribution in [3.05, 3.63) is 30.2 Å². The van der Waals surface area contributed by atoms with E-state index in [4.69, 9.17) is 9.26 Å².